The van der Waals surface area contributed by atoms with E-state index in [1.165, 1.54) is 6.07 Å². The summed E-state index contributed by atoms with van der Waals surface area (Å²) >= 11 is 2.02. The monoisotopic (exact) mass is 348 g/mol. The summed E-state index contributed by atoms with van der Waals surface area (Å²) in [5.74, 6) is -1.07. The van der Waals surface area contributed by atoms with Gasteiger partial charge in [-0.2, -0.15) is 0 Å². The molecule has 1 aromatic carbocycles. The molecule has 0 aliphatic carbocycles. The van der Waals surface area contributed by atoms with Gasteiger partial charge in [0.15, 0.2) is 0 Å². The molecule has 0 aliphatic rings. The van der Waals surface area contributed by atoms with Gasteiger partial charge in [-0.15, -0.1) is 0 Å². The largest absolute Gasteiger partial charge is 0.478 e. The SMILES string of the molecule is CC(C)NC(=O)Nc1ccc(I)cc1C(=O)O. The number of carboxylic acid groups (broad SMARTS) is 1. The Kier molecular flexibility index (Phi) is 4.73. The second-order valence-corrected chi connectivity index (χ2v) is 4.99. The van der Waals surface area contributed by atoms with Gasteiger partial charge in [-0.25, -0.2) is 9.59 Å². The number of hydrogen-bond acceptors (Lipinski definition) is 2. The first-order chi connectivity index (χ1) is 7.90. The molecule has 0 fully saturated rings. The number of nitrogens with one attached hydrogen (secondary N) is 2. The molecule has 1 rings (SSSR count). The van der Waals surface area contributed by atoms with Crippen molar-refractivity contribution in [3.8, 4) is 0 Å². The topological polar surface area (TPSA) is 78.4 Å². The Bertz CT molecular complexity index is 446. The molecule has 0 radical (unpaired) electrons. The minimum Gasteiger partial charge on any atom is -0.478 e. The molecule has 6 heteroatoms. The van der Waals surface area contributed by atoms with E-state index < -0.39 is 12.0 Å². The van der Waals surface area contributed by atoms with Crippen LogP contribution in [0, 0.1) is 3.57 Å². The summed E-state index contributed by atoms with van der Waals surface area (Å²) in [5, 5.41) is 14.2. The second-order valence-electron chi connectivity index (χ2n) is 3.75. The molecular weight excluding hydrogens is 335 g/mol. The molecule has 0 heterocycles. The molecular formula is C11H13IN2O3. The number of rotatable bonds is 3. The van der Waals surface area contributed by atoms with Gasteiger partial charge >= 0.3 is 12.0 Å². The molecule has 0 atom stereocenters. The van der Waals surface area contributed by atoms with E-state index in [-0.39, 0.29) is 17.3 Å². The molecule has 17 heavy (non-hydrogen) atoms. The lowest BCUT2D eigenvalue weighted by molar-refractivity contribution is 0.0698. The van der Waals surface area contributed by atoms with Crippen LogP contribution in [0.2, 0.25) is 0 Å². The van der Waals surface area contributed by atoms with Crippen molar-refractivity contribution < 1.29 is 14.7 Å². The predicted molar refractivity (Wildman–Crippen MR) is 73.4 cm³/mol. The first kappa shape index (κ1) is 13.8. The van der Waals surface area contributed by atoms with Crippen LogP contribution in [0.3, 0.4) is 0 Å². The third-order valence-electron chi connectivity index (χ3n) is 1.88. The number of carboxylic acids is 1. The van der Waals surface area contributed by atoms with Crippen molar-refractivity contribution in [1.29, 1.82) is 0 Å². The number of carbonyl (C=O) groups excluding carboxylic acids is 1. The van der Waals surface area contributed by atoms with Crippen LogP contribution in [0.1, 0.15) is 24.2 Å². The standard InChI is InChI=1S/C11H13IN2O3/c1-6(2)13-11(17)14-9-4-3-7(12)5-8(9)10(15)16/h3-6H,1-2H3,(H,15,16)(H2,13,14,17). The fourth-order valence-corrected chi connectivity index (χ4v) is 1.71. The Balaban J connectivity index is 2.91. The summed E-state index contributed by atoms with van der Waals surface area (Å²) in [4.78, 5) is 22.5. The van der Waals surface area contributed by atoms with Gasteiger partial charge in [0.2, 0.25) is 0 Å². The lowest BCUT2D eigenvalue weighted by Gasteiger charge is -2.12. The van der Waals surface area contributed by atoms with Gasteiger partial charge in [-0.05, 0) is 54.6 Å². The Labute approximate surface area is 113 Å². The molecule has 0 spiro atoms. The maximum absolute atomic E-state index is 11.5. The molecule has 3 N–H and O–H groups in total. The quantitative estimate of drug-likeness (QED) is 0.735. The lowest BCUT2D eigenvalue weighted by Crippen LogP contribution is -2.34. The van der Waals surface area contributed by atoms with E-state index in [1.807, 2.05) is 36.4 Å². The third kappa shape index (κ3) is 4.22. The van der Waals surface area contributed by atoms with E-state index in [1.54, 1.807) is 12.1 Å². The number of anilines is 1. The van der Waals surface area contributed by atoms with E-state index in [2.05, 4.69) is 10.6 Å². The van der Waals surface area contributed by atoms with Crippen LogP contribution in [0.4, 0.5) is 10.5 Å². The van der Waals surface area contributed by atoms with Crippen molar-refractivity contribution in [3.05, 3.63) is 27.3 Å². The highest BCUT2D eigenvalue weighted by molar-refractivity contribution is 14.1. The van der Waals surface area contributed by atoms with E-state index in [4.69, 9.17) is 5.11 Å². The second kappa shape index (κ2) is 5.85. The van der Waals surface area contributed by atoms with Gasteiger partial charge in [0.05, 0.1) is 11.3 Å². The van der Waals surface area contributed by atoms with Crippen LogP contribution < -0.4 is 10.6 Å². The number of hydrogen-bond donors (Lipinski definition) is 3. The summed E-state index contributed by atoms with van der Waals surface area (Å²) in [5.41, 5.74) is 0.367. The van der Waals surface area contributed by atoms with Gasteiger partial charge in [0.1, 0.15) is 0 Å². The summed E-state index contributed by atoms with van der Waals surface area (Å²) in [6, 6.07) is 4.40. The Morgan fingerprint density at radius 2 is 2.00 bits per heavy atom. The van der Waals surface area contributed by atoms with E-state index >= 15 is 0 Å². The van der Waals surface area contributed by atoms with Crippen molar-refractivity contribution in [1.82, 2.24) is 5.32 Å². The minimum atomic E-state index is -1.07. The zero-order valence-electron chi connectivity index (χ0n) is 9.45. The highest BCUT2D eigenvalue weighted by Gasteiger charge is 2.13. The van der Waals surface area contributed by atoms with E-state index in [0.29, 0.717) is 0 Å². The van der Waals surface area contributed by atoms with Crippen LogP contribution in [0.25, 0.3) is 0 Å². The Morgan fingerprint density at radius 3 is 2.53 bits per heavy atom. The molecule has 2 amide bonds. The van der Waals surface area contributed by atoms with E-state index in [9.17, 15) is 9.59 Å². The molecule has 0 aliphatic heterocycles. The maximum Gasteiger partial charge on any atom is 0.337 e. The van der Waals surface area contributed by atoms with Gasteiger partial charge in [-0.1, -0.05) is 0 Å². The number of halogens is 1. The number of amides is 2. The fourth-order valence-electron chi connectivity index (χ4n) is 1.22. The maximum atomic E-state index is 11.5. The van der Waals surface area contributed by atoms with Crippen molar-refractivity contribution in [2.75, 3.05) is 5.32 Å². The molecule has 5 nitrogen and oxygen atoms in total. The molecule has 0 saturated heterocycles. The normalized spacial score (nSPS) is 10.1. The van der Waals surface area contributed by atoms with Crippen LogP contribution >= 0.6 is 22.6 Å². The minimum absolute atomic E-state index is 0.00729. The average Bonchev–Trinajstić information content (AvgIpc) is 2.19. The van der Waals surface area contributed by atoms with Gasteiger partial charge in [0, 0.05) is 9.61 Å². The van der Waals surface area contributed by atoms with Crippen molar-refractivity contribution in [2.24, 2.45) is 0 Å². The van der Waals surface area contributed by atoms with Crippen LogP contribution in [0.5, 0.6) is 0 Å². The first-order valence-electron chi connectivity index (χ1n) is 5.00. The molecule has 0 aromatic heterocycles. The molecule has 1 aromatic rings. The highest BCUT2D eigenvalue weighted by atomic mass is 127. The Morgan fingerprint density at radius 1 is 1.35 bits per heavy atom. The van der Waals surface area contributed by atoms with Crippen molar-refractivity contribution >= 4 is 40.3 Å². The van der Waals surface area contributed by atoms with Crippen LogP contribution in [0.15, 0.2) is 18.2 Å². The fraction of sp³-hybridized carbons (Fsp3) is 0.273. The summed E-state index contributed by atoms with van der Waals surface area (Å²) in [6.07, 6.45) is 0. The molecule has 92 valence electrons. The first-order valence-corrected chi connectivity index (χ1v) is 6.08. The van der Waals surface area contributed by atoms with Crippen LogP contribution in [-0.4, -0.2) is 23.1 Å². The van der Waals surface area contributed by atoms with Crippen LogP contribution in [-0.2, 0) is 0 Å². The lowest BCUT2D eigenvalue weighted by atomic mass is 10.2. The van der Waals surface area contributed by atoms with Gasteiger partial charge in [0.25, 0.3) is 0 Å². The van der Waals surface area contributed by atoms with Gasteiger partial charge < -0.3 is 15.7 Å². The summed E-state index contributed by atoms with van der Waals surface area (Å²) in [6.45, 7) is 3.65. The summed E-state index contributed by atoms with van der Waals surface area (Å²) < 4.78 is 0.801. The smallest absolute Gasteiger partial charge is 0.337 e. The number of benzene rings is 1. The number of aromatic carboxylic acids is 1. The molecule has 0 saturated carbocycles. The van der Waals surface area contributed by atoms with Gasteiger partial charge in [-0.3, -0.25) is 0 Å². The zero-order valence-corrected chi connectivity index (χ0v) is 11.6. The Hall–Kier alpha value is -1.31. The highest BCUT2D eigenvalue weighted by Crippen LogP contribution is 2.18. The predicted octanol–water partition coefficient (Wildman–Crippen LogP) is 2.52. The molecule has 0 bridgehead atoms. The number of urea groups is 1. The molecule has 0 unspecified atom stereocenters. The third-order valence-corrected chi connectivity index (χ3v) is 2.55. The summed E-state index contributed by atoms with van der Waals surface area (Å²) in [7, 11) is 0. The number of carbonyl (C=O) groups is 2. The van der Waals surface area contributed by atoms with Crippen molar-refractivity contribution in [3.63, 3.8) is 0 Å². The van der Waals surface area contributed by atoms with Crippen molar-refractivity contribution in [2.45, 2.75) is 19.9 Å². The zero-order chi connectivity index (χ0) is 13.0. The average molecular weight is 348 g/mol. The van der Waals surface area contributed by atoms with E-state index in [0.717, 1.165) is 3.57 Å².